The third-order valence-corrected chi connectivity index (χ3v) is 4.40. The average Bonchev–Trinajstić information content (AvgIpc) is 3.27. The summed E-state index contributed by atoms with van der Waals surface area (Å²) in [6.07, 6.45) is 3.77. The Kier molecular flexibility index (Phi) is 5.29. The summed E-state index contributed by atoms with van der Waals surface area (Å²) in [6, 6.07) is 9.13. The van der Waals surface area contributed by atoms with Crippen LogP contribution in [-0.2, 0) is 14.3 Å². The number of amides is 1. The van der Waals surface area contributed by atoms with Gasteiger partial charge in [-0.2, -0.15) is 0 Å². The van der Waals surface area contributed by atoms with Gasteiger partial charge >= 0.3 is 5.97 Å². The number of nitrogens with one attached hydrogen (secondary N) is 1. The van der Waals surface area contributed by atoms with Gasteiger partial charge in [0.05, 0.1) is 36.5 Å². The Labute approximate surface area is 155 Å². The summed E-state index contributed by atoms with van der Waals surface area (Å²) in [5.41, 5.74) is 1.65. The van der Waals surface area contributed by atoms with Crippen LogP contribution in [-0.4, -0.2) is 53.3 Å². The molecule has 0 unspecified atom stereocenters. The van der Waals surface area contributed by atoms with E-state index in [0.29, 0.717) is 10.7 Å². The maximum Gasteiger partial charge on any atom is 0.337 e. The van der Waals surface area contributed by atoms with Crippen LogP contribution in [0.25, 0.3) is 5.69 Å². The molecule has 7 nitrogen and oxygen atoms in total. The first-order chi connectivity index (χ1) is 12.5. The molecule has 0 bridgehead atoms. The summed E-state index contributed by atoms with van der Waals surface area (Å²) in [6.45, 7) is 0.00228. The van der Waals surface area contributed by atoms with Gasteiger partial charge in [0, 0.05) is 24.6 Å². The lowest BCUT2D eigenvalue weighted by atomic mass is 10.2. The van der Waals surface area contributed by atoms with E-state index in [1.54, 1.807) is 12.1 Å². The van der Waals surface area contributed by atoms with Crippen molar-refractivity contribution >= 4 is 29.2 Å². The lowest BCUT2D eigenvalue weighted by molar-refractivity contribution is -0.136. The van der Waals surface area contributed by atoms with Crippen molar-refractivity contribution in [1.29, 1.82) is 0 Å². The Balaban J connectivity index is 1.96. The van der Waals surface area contributed by atoms with Crippen LogP contribution in [0.5, 0.6) is 0 Å². The minimum absolute atomic E-state index is 0.0727. The van der Waals surface area contributed by atoms with Gasteiger partial charge in [-0.05, 0) is 30.3 Å². The van der Waals surface area contributed by atoms with Gasteiger partial charge in [-0.25, -0.2) is 4.79 Å². The van der Waals surface area contributed by atoms with E-state index in [1.165, 1.54) is 12.0 Å². The van der Waals surface area contributed by atoms with Crippen molar-refractivity contribution in [3.8, 4) is 5.69 Å². The van der Waals surface area contributed by atoms with Crippen LogP contribution in [0.15, 0.2) is 54.0 Å². The largest absolute Gasteiger partial charge is 0.466 e. The zero-order valence-corrected chi connectivity index (χ0v) is 14.9. The second-order valence-corrected chi connectivity index (χ2v) is 6.08. The van der Waals surface area contributed by atoms with Crippen molar-refractivity contribution in [2.75, 3.05) is 32.1 Å². The predicted octanol–water partition coefficient (Wildman–Crippen LogP) is 1.80. The van der Waals surface area contributed by atoms with Crippen molar-refractivity contribution in [2.24, 2.45) is 0 Å². The zero-order valence-electron chi connectivity index (χ0n) is 14.1. The van der Waals surface area contributed by atoms with Gasteiger partial charge in [0.15, 0.2) is 0 Å². The standard InChI is InChI=1S/C18H18ClN3O4/c1-26-18(25)13-11-22(8-9-23)17(24)16(13)20-15-10-12(4-5-14(15)19)21-6-2-3-7-21/h2-7,10,20,23H,8-9,11H2,1H3. The third-order valence-electron chi connectivity index (χ3n) is 4.07. The van der Waals surface area contributed by atoms with Crippen molar-refractivity contribution in [3.63, 3.8) is 0 Å². The number of nitrogens with zero attached hydrogens (tertiary/aromatic N) is 2. The van der Waals surface area contributed by atoms with E-state index in [9.17, 15) is 9.59 Å². The number of aromatic nitrogens is 1. The molecule has 1 aliphatic rings. The van der Waals surface area contributed by atoms with Crippen molar-refractivity contribution in [3.05, 3.63) is 59.0 Å². The van der Waals surface area contributed by atoms with Crippen LogP contribution in [0, 0.1) is 0 Å². The number of halogens is 1. The van der Waals surface area contributed by atoms with E-state index in [-0.39, 0.29) is 36.9 Å². The molecule has 2 heterocycles. The Bertz CT molecular complexity index is 861. The molecule has 136 valence electrons. The molecule has 3 rings (SSSR count). The van der Waals surface area contributed by atoms with E-state index in [0.717, 1.165) is 5.69 Å². The number of carbonyl (C=O) groups is 2. The Hall–Kier alpha value is -2.77. The highest BCUT2D eigenvalue weighted by molar-refractivity contribution is 6.33. The molecule has 0 saturated heterocycles. The number of hydrogen-bond donors (Lipinski definition) is 2. The first-order valence-corrected chi connectivity index (χ1v) is 8.34. The quantitative estimate of drug-likeness (QED) is 0.752. The summed E-state index contributed by atoms with van der Waals surface area (Å²) in [5.74, 6) is -0.985. The van der Waals surface area contributed by atoms with Gasteiger partial charge in [-0.15, -0.1) is 0 Å². The predicted molar refractivity (Wildman–Crippen MR) is 97.1 cm³/mol. The lowest BCUT2D eigenvalue weighted by Gasteiger charge is -2.15. The molecule has 0 atom stereocenters. The van der Waals surface area contributed by atoms with Gasteiger partial charge in [0.2, 0.25) is 0 Å². The molecule has 1 aliphatic heterocycles. The highest BCUT2D eigenvalue weighted by Gasteiger charge is 2.34. The van der Waals surface area contributed by atoms with Crippen molar-refractivity contribution in [1.82, 2.24) is 9.47 Å². The Morgan fingerprint density at radius 3 is 2.73 bits per heavy atom. The monoisotopic (exact) mass is 375 g/mol. The van der Waals surface area contributed by atoms with E-state index in [2.05, 4.69) is 5.32 Å². The molecule has 1 aromatic carbocycles. The third kappa shape index (κ3) is 3.44. The summed E-state index contributed by atoms with van der Waals surface area (Å²) in [4.78, 5) is 26.0. The van der Waals surface area contributed by atoms with E-state index in [4.69, 9.17) is 21.4 Å². The molecule has 0 radical (unpaired) electrons. The lowest BCUT2D eigenvalue weighted by Crippen LogP contribution is -2.31. The van der Waals surface area contributed by atoms with Crippen LogP contribution >= 0.6 is 11.6 Å². The first kappa shape index (κ1) is 18.0. The minimum atomic E-state index is -0.598. The highest BCUT2D eigenvalue weighted by atomic mass is 35.5. The Morgan fingerprint density at radius 1 is 1.35 bits per heavy atom. The van der Waals surface area contributed by atoms with Gasteiger partial charge in [-0.1, -0.05) is 11.6 Å². The number of rotatable bonds is 6. The molecule has 8 heteroatoms. The molecule has 0 saturated carbocycles. The van der Waals surface area contributed by atoms with Gasteiger partial charge in [0.1, 0.15) is 5.70 Å². The number of β-amino-alcohol motifs (C(OH)–C–C–N with tert-alkyl or cyclic N) is 1. The van der Waals surface area contributed by atoms with Crippen molar-refractivity contribution < 1.29 is 19.4 Å². The van der Waals surface area contributed by atoms with E-state index >= 15 is 0 Å². The minimum Gasteiger partial charge on any atom is -0.466 e. The number of carbonyl (C=O) groups excluding carboxylic acids is 2. The van der Waals surface area contributed by atoms with Crippen LogP contribution in [0.4, 0.5) is 5.69 Å². The summed E-state index contributed by atoms with van der Waals surface area (Å²) < 4.78 is 6.67. The van der Waals surface area contributed by atoms with Crippen LogP contribution in [0.3, 0.4) is 0 Å². The molecule has 26 heavy (non-hydrogen) atoms. The molecular weight excluding hydrogens is 358 g/mol. The number of anilines is 1. The first-order valence-electron chi connectivity index (χ1n) is 7.96. The maximum atomic E-state index is 12.6. The second-order valence-electron chi connectivity index (χ2n) is 5.67. The number of hydrogen-bond acceptors (Lipinski definition) is 5. The molecule has 2 aromatic rings. The number of methoxy groups -OCH3 is 1. The fourth-order valence-corrected chi connectivity index (χ4v) is 2.92. The van der Waals surface area contributed by atoms with Crippen molar-refractivity contribution in [2.45, 2.75) is 0 Å². The molecule has 2 N–H and O–H groups in total. The van der Waals surface area contributed by atoms with Crippen LogP contribution in [0.2, 0.25) is 5.02 Å². The van der Waals surface area contributed by atoms with Gasteiger partial charge in [-0.3, -0.25) is 4.79 Å². The number of aliphatic hydroxyl groups is 1. The number of ether oxygens (including phenoxy) is 1. The fourth-order valence-electron chi connectivity index (χ4n) is 2.76. The molecular formula is C18H18ClN3O4. The average molecular weight is 376 g/mol. The zero-order chi connectivity index (χ0) is 18.7. The maximum absolute atomic E-state index is 12.6. The van der Waals surface area contributed by atoms with Crippen LogP contribution in [0.1, 0.15) is 0 Å². The van der Waals surface area contributed by atoms with E-state index < -0.39 is 5.97 Å². The van der Waals surface area contributed by atoms with E-state index in [1.807, 2.05) is 35.2 Å². The number of aliphatic hydroxyl groups excluding tert-OH is 1. The fraction of sp³-hybridized carbons (Fsp3) is 0.222. The van der Waals surface area contributed by atoms with Gasteiger partial charge in [0.25, 0.3) is 5.91 Å². The molecule has 0 aliphatic carbocycles. The highest BCUT2D eigenvalue weighted by Crippen LogP contribution is 2.29. The second kappa shape index (κ2) is 7.63. The SMILES string of the molecule is COC(=O)C1=C(Nc2cc(-n3cccc3)ccc2Cl)C(=O)N(CCO)C1. The molecule has 0 spiro atoms. The van der Waals surface area contributed by atoms with Gasteiger partial charge < -0.3 is 24.6 Å². The smallest absolute Gasteiger partial charge is 0.337 e. The molecule has 0 fully saturated rings. The molecule has 1 aromatic heterocycles. The van der Waals surface area contributed by atoms with Crippen LogP contribution < -0.4 is 5.32 Å². The topological polar surface area (TPSA) is 83.8 Å². The number of esters is 1. The number of benzene rings is 1. The Morgan fingerprint density at radius 2 is 2.08 bits per heavy atom. The summed E-state index contributed by atoms with van der Waals surface area (Å²) in [7, 11) is 1.26. The molecule has 1 amide bonds. The normalized spacial score (nSPS) is 14.1. The summed E-state index contributed by atoms with van der Waals surface area (Å²) in [5, 5.41) is 12.5. The summed E-state index contributed by atoms with van der Waals surface area (Å²) >= 11 is 6.27.